The first-order chi connectivity index (χ1) is 9.99. The Kier molecular flexibility index (Phi) is 4.57. The molecule has 3 amide bonds. The number of imide groups is 1. The van der Waals surface area contributed by atoms with E-state index in [-0.39, 0.29) is 19.1 Å². The van der Waals surface area contributed by atoms with Gasteiger partial charge in [-0.2, -0.15) is 0 Å². The molecule has 1 N–H and O–H groups in total. The normalized spacial score (nSPS) is 18.0. The summed E-state index contributed by atoms with van der Waals surface area (Å²) in [6.45, 7) is 3.73. The highest BCUT2D eigenvalue weighted by Gasteiger charge is 2.40. The van der Waals surface area contributed by atoms with E-state index in [2.05, 4.69) is 5.32 Å². The maximum Gasteiger partial charge on any atom is 0.326 e. The second-order valence-corrected chi connectivity index (χ2v) is 5.29. The lowest BCUT2D eigenvalue weighted by molar-refractivity contribution is -0.148. The topological polar surface area (TPSA) is 75.7 Å². The molecule has 1 aliphatic rings. The van der Waals surface area contributed by atoms with Gasteiger partial charge in [0, 0.05) is 0 Å². The third kappa shape index (κ3) is 3.59. The monoisotopic (exact) mass is 290 g/mol. The molecule has 1 heterocycles. The highest BCUT2D eigenvalue weighted by atomic mass is 16.5. The highest BCUT2D eigenvalue weighted by molar-refractivity contribution is 6.06. The number of rotatable bonds is 5. The van der Waals surface area contributed by atoms with Gasteiger partial charge in [-0.3, -0.25) is 14.5 Å². The van der Waals surface area contributed by atoms with Crippen LogP contribution in [-0.4, -0.2) is 36.0 Å². The molecule has 112 valence electrons. The Balaban J connectivity index is 2.00. The van der Waals surface area contributed by atoms with E-state index in [9.17, 15) is 14.4 Å². The van der Waals surface area contributed by atoms with E-state index in [1.165, 1.54) is 0 Å². The summed E-state index contributed by atoms with van der Waals surface area (Å²) in [7, 11) is 0. The third-order valence-electron chi connectivity index (χ3n) is 3.02. The van der Waals surface area contributed by atoms with E-state index in [1.54, 1.807) is 24.3 Å². The molecule has 1 aliphatic heterocycles. The number of ether oxygens (including phenoxy) is 1. The molecular weight excluding hydrogens is 272 g/mol. The number of benzene rings is 1. The molecular formula is C15H18N2O4. The lowest BCUT2D eigenvalue weighted by Gasteiger charge is -2.13. The van der Waals surface area contributed by atoms with Crippen LogP contribution in [0, 0.1) is 5.92 Å². The van der Waals surface area contributed by atoms with Crippen LogP contribution in [0.2, 0.25) is 0 Å². The van der Waals surface area contributed by atoms with Gasteiger partial charge in [0.05, 0.1) is 6.61 Å². The summed E-state index contributed by atoms with van der Waals surface area (Å²) < 4.78 is 4.99. The molecule has 0 radical (unpaired) electrons. The maximum atomic E-state index is 12.2. The summed E-state index contributed by atoms with van der Waals surface area (Å²) in [6.07, 6.45) is 0. The first-order valence-electron chi connectivity index (χ1n) is 6.81. The smallest absolute Gasteiger partial charge is 0.326 e. The number of nitrogens with one attached hydrogen (secondary N) is 1. The van der Waals surface area contributed by atoms with E-state index in [0.717, 1.165) is 4.90 Å². The molecule has 6 nitrogen and oxygen atoms in total. The molecule has 0 aliphatic carbocycles. The molecule has 1 aromatic carbocycles. The molecule has 1 fully saturated rings. The lowest BCUT2D eigenvalue weighted by Crippen LogP contribution is -2.36. The number of amides is 3. The number of carbonyl (C=O) groups excluding carboxylic acids is 3. The standard InChI is InChI=1S/C15H18N2O4/c1-10(2)9-21-12(18)8-17-14(19)13(16-15(17)20)11-6-4-3-5-7-11/h3-7,10,13H,8-9H2,1-2H3,(H,16,20). The number of carbonyl (C=O) groups is 3. The minimum absolute atomic E-state index is 0.203. The third-order valence-corrected chi connectivity index (χ3v) is 3.02. The highest BCUT2D eigenvalue weighted by Crippen LogP contribution is 2.21. The van der Waals surface area contributed by atoms with E-state index in [4.69, 9.17) is 4.74 Å². The molecule has 1 atom stereocenters. The van der Waals surface area contributed by atoms with Crippen molar-refractivity contribution in [3.05, 3.63) is 35.9 Å². The number of hydrogen-bond donors (Lipinski definition) is 1. The van der Waals surface area contributed by atoms with Crippen molar-refractivity contribution in [2.24, 2.45) is 5.92 Å². The van der Waals surface area contributed by atoms with Gasteiger partial charge in [-0.05, 0) is 11.5 Å². The number of esters is 1. The molecule has 6 heteroatoms. The van der Waals surface area contributed by atoms with E-state index in [0.29, 0.717) is 5.56 Å². The second kappa shape index (κ2) is 6.39. The molecule has 1 unspecified atom stereocenters. The summed E-state index contributed by atoms with van der Waals surface area (Å²) in [6, 6.07) is 7.59. The van der Waals surface area contributed by atoms with Crippen LogP contribution < -0.4 is 5.32 Å². The van der Waals surface area contributed by atoms with E-state index < -0.39 is 23.9 Å². The van der Waals surface area contributed by atoms with Crippen molar-refractivity contribution in [1.29, 1.82) is 0 Å². The van der Waals surface area contributed by atoms with Gasteiger partial charge in [0.15, 0.2) is 0 Å². The van der Waals surface area contributed by atoms with Crippen molar-refractivity contribution in [2.45, 2.75) is 19.9 Å². The zero-order valence-corrected chi connectivity index (χ0v) is 12.0. The summed E-state index contributed by atoms with van der Waals surface area (Å²) in [5, 5.41) is 2.57. The number of nitrogens with zero attached hydrogens (tertiary/aromatic N) is 1. The van der Waals surface area contributed by atoms with Gasteiger partial charge in [0.25, 0.3) is 5.91 Å². The Hall–Kier alpha value is -2.37. The van der Waals surface area contributed by atoms with E-state index in [1.807, 2.05) is 19.9 Å². The molecule has 0 spiro atoms. The predicted molar refractivity (Wildman–Crippen MR) is 75.2 cm³/mol. The molecule has 21 heavy (non-hydrogen) atoms. The average Bonchev–Trinajstić information content (AvgIpc) is 2.74. The zero-order chi connectivity index (χ0) is 15.4. The average molecular weight is 290 g/mol. The SMILES string of the molecule is CC(C)COC(=O)CN1C(=O)NC(c2ccccc2)C1=O. The summed E-state index contributed by atoms with van der Waals surface area (Å²) in [4.78, 5) is 36.6. The van der Waals surface area contributed by atoms with Crippen molar-refractivity contribution >= 4 is 17.9 Å². The minimum Gasteiger partial charge on any atom is -0.464 e. The molecule has 0 saturated carbocycles. The van der Waals surface area contributed by atoms with Crippen molar-refractivity contribution in [1.82, 2.24) is 10.2 Å². The van der Waals surface area contributed by atoms with Crippen molar-refractivity contribution in [3.63, 3.8) is 0 Å². The lowest BCUT2D eigenvalue weighted by atomic mass is 10.1. The Morgan fingerprint density at radius 2 is 1.95 bits per heavy atom. The van der Waals surface area contributed by atoms with Crippen LogP contribution in [0.1, 0.15) is 25.5 Å². The van der Waals surface area contributed by atoms with Gasteiger partial charge in [-0.1, -0.05) is 44.2 Å². The van der Waals surface area contributed by atoms with Gasteiger partial charge in [-0.15, -0.1) is 0 Å². The fraction of sp³-hybridized carbons (Fsp3) is 0.400. The summed E-state index contributed by atoms with van der Waals surface area (Å²) >= 11 is 0. The van der Waals surface area contributed by atoms with Gasteiger partial charge in [-0.25, -0.2) is 4.79 Å². The van der Waals surface area contributed by atoms with Crippen LogP contribution in [0.4, 0.5) is 4.79 Å². The Labute approximate surface area is 123 Å². The van der Waals surface area contributed by atoms with Gasteiger partial charge in [0.1, 0.15) is 12.6 Å². The molecule has 1 aromatic rings. The second-order valence-electron chi connectivity index (χ2n) is 5.29. The van der Waals surface area contributed by atoms with Gasteiger partial charge >= 0.3 is 12.0 Å². The maximum absolute atomic E-state index is 12.2. The minimum atomic E-state index is -0.739. The predicted octanol–water partition coefficient (Wildman–Crippen LogP) is 1.48. The Morgan fingerprint density at radius 3 is 2.57 bits per heavy atom. The molecule has 0 bridgehead atoms. The molecule has 0 aromatic heterocycles. The van der Waals surface area contributed by atoms with E-state index >= 15 is 0 Å². The summed E-state index contributed by atoms with van der Waals surface area (Å²) in [5.41, 5.74) is 0.689. The molecule has 2 rings (SSSR count). The van der Waals surface area contributed by atoms with Crippen LogP contribution in [0.5, 0.6) is 0 Å². The number of urea groups is 1. The summed E-state index contributed by atoms with van der Waals surface area (Å²) in [5.74, 6) is -0.817. The van der Waals surface area contributed by atoms with Crippen molar-refractivity contribution in [3.8, 4) is 0 Å². The van der Waals surface area contributed by atoms with Gasteiger partial charge < -0.3 is 10.1 Å². The quantitative estimate of drug-likeness (QED) is 0.658. The zero-order valence-electron chi connectivity index (χ0n) is 12.0. The molecule has 1 saturated heterocycles. The van der Waals surface area contributed by atoms with Crippen molar-refractivity contribution < 1.29 is 19.1 Å². The van der Waals surface area contributed by atoms with Crippen LogP contribution >= 0.6 is 0 Å². The van der Waals surface area contributed by atoms with Crippen LogP contribution in [0.3, 0.4) is 0 Å². The van der Waals surface area contributed by atoms with Crippen molar-refractivity contribution in [2.75, 3.05) is 13.2 Å². The number of hydrogen-bond acceptors (Lipinski definition) is 4. The van der Waals surface area contributed by atoms with Gasteiger partial charge in [0.2, 0.25) is 0 Å². The first kappa shape index (κ1) is 15.0. The Bertz CT molecular complexity index is 542. The first-order valence-corrected chi connectivity index (χ1v) is 6.81. The van der Waals surface area contributed by atoms with Crippen LogP contribution in [-0.2, 0) is 14.3 Å². The van der Waals surface area contributed by atoms with Crippen LogP contribution in [0.15, 0.2) is 30.3 Å². The fourth-order valence-corrected chi connectivity index (χ4v) is 1.97. The fourth-order valence-electron chi connectivity index (χ4n) is 1.97. The largest absolute Gasteiger partial charge is 0.464 e. The Morgan fingerprint density at radius 1 is 1.29 bits per heavy atom. The van der Waals surface area contributed by atoms with Crippen LogP contribution in [0.25, 0.3) is 0 Å².